The normalized spacial score (nSPS) is 12.1. The average molecular weight is 326 g/mol. The summed E-state index contributed by atoms with van der Waals surface area (Å²) in [6, 6.07) is 3.35. The molecule has 0 radical (unpaired) electrons. The van der Waals surface area contributed by atoms with Crippen LogP contribution < -0.4 is 5.43 Å². The van der Waals surface area contributed by atoms with E-state index in [4.69, 9.17) is 11.6 Å². The molecule has 7 heteroatoms. The first kappa shape index (κ1) is 12.4. The summed E-state index contributed by atoms with van der Waals surface area (Å²) in [4.78, 5) is 13.7. The lowest BCUT2D eigenvalue weighted by Crippen LogP contribution is -2.14. The van der Waals surface area contributed by atoms with Gasteiger partial charge in [-0.3, -0.25) is 4.79 Å². The van der Waals surface area contributed by atoms with Crippen molar-refractivity contribution in [3.63, 3.8) is 0 Å². The van der Waals surface area contributed by atoms with E-state index in [0.29, 0.717) is 10.5 Å². The predicted octanol–water partition coefficient (Wildman–Crippen LogP) is 3.96. The van der Waals surface area contributed by atoms with Crippen molar-refractivity contribution >= 4 is 38.4 Å². The van der Waals surface area contributed by atoms with E-state index >= 15 is 0 Å². The van der Waals surface area contributed by atoms with E-state index in [2.05, 4.69) is 20.9 Å². The van der Waals surface area contributed by atoms with Gasteiger partial charge in [0.1, 0.15) is 5.69 Å². The van der Waals surface area contributed by atoms with Crippen LogP contribution in [-0.4, -0.2) is 4.98 Å². The first-order valence-electron chi connectivity index (χ1n) is 4.38. The molecule has 0 aliphatic heterocycles. The largest absolute Gasteiger partial charge is 0.431 e. The van der Waals surface area contributed by atoms with Gasteiger partial charge in [-0.15, -0.1) is 0 Å². The zero-order valence-corrected chi connectivity index (χ0v) is 10.4. The van der Waals surface area contributed by atoms with Crippen LogP contribution in [0.4, 0.5) is 13.2 Å². The Balaban J connectivity index is 2.88. The molecule has 0 bridgehead atoms. The SMILES string of the molecule is O=c1cc(C(F)(F)F)[nH]c2c(Cl)cc(Br)cc12. The molecule has 0 amide bonds. The number of nitrogens with one attached hydrogen (secondary N) is 1. The van der Waals surface area contributed by atoms with Crippen LogP contribution in [0.25, 0.3) is 10.9 Å². The zero-order valence-electron chi connectivity index (χ0n) is 8.03. The van der Waals surface area contributed by atoms with E-state index in [1.165, 1.54) is 12.1 Å². The summed E-state index contributed by atoms with van der Waals surface area (Å²) in [5, 5.41) is 0.162. The summed E-state index contributed by atoms with van der Waals surface area (Å²) in [5.41, 5.74) is -1.86. The molecule has 2 aromatic rings. The van der Waals surface area contributed by atoms with Crippen molar-refractivity contribution in [1.29, 1.82) is 0 Å². The topological polar surface area (TPSA) is 32.9 Å². The minimum absolute atomic E-state index is 0.0188. The molecule has 0 saturated carbocycles. The first-order valence-corrected chi connectivity index (χ1v) is 5.55. The van der Waals surface area contributed by atoms with E-state index in [1.54, 1.807) is 0 Å². The van der Waals surface area contributed by atoms with Gasteiger partial charge in [-0.25, -0.2) is 0 Å². The second-order valence-electron chi connectivity index (χ2n) is 3.36. The molecule has 0 spiro atoms. The molecule has 0 aliphatic rings. The molecular weight excluding hydrogens is 322 g/mol. The van der Waals surface area contributed by atoms with Gasteiger partial charge in [0.2, 0.25) is 0 Å². The molecule has 0 saturated heterocycles. The summed E-state index contributed by atoms with van der Waals surface area (Å²) in [7, 11) is 0. The van der Waals surface area contributed by atoms with E-state index < -0.39 is 17.3 Å². The fourth-order valence-corrected chi connectivity index (χ4v) is 2.28. The summed E-state index contributed by atoms with van der Waals surface area (Å²) in [6.45, 7) is 0. The Morgan fingerprint density at radius 1 is 1.24 bits per heavy atom. The van der Waals surface area contributed by atoms with Gasteiger partial charge in [0.05, 0.1) is 10.5 Å². The number of halogens is 5. The number of benzene rings is 1. The molecule has 0 atom stereocenters. The van der Waals surface area contributed by atoms with Crippen LogP contribution in [0.1, 0.15) is 5.69 Å². The minimum atomic E-state index is -4.61. The van der Waals surface area contributed by atoms with Crippen LogP contribution >= 0.6 is 27.5 Å². The predicted molar refractivity (Wildman–Crippen MR) is 62.3 cm³/mol. The Kier molecular flexibility index (Phi) is 2.95. The molecule has 1 aromatic carbocycles. The third-order valence-corrected chi connectivity index (χ3v) is 2.92. The zero-order chi connectivity index (χ0) is 12.8. The highest BCUT2D eigenvalue weighted by atomic mass is 79.9. The molecule has 90 valence electrons. The van der Waals surface area contributed by atoms with Crippen molar-refractivity contribution in [3.8, 4) is 0 Å². The quantitative estimate of drug-likeness (QED) is 0.781. The molecule has 0 unspecified atom stereocenters. The number of rotatable bonds is 0. The maximum Gasteiger partial charge on any atom is 0.431 e. The molecule has 1 aromatic heterocycles. The molecule has 0 fully saturated rings. The van der Waals surface area contributed by atoms with Crippen molar-refractivity contribution in [2.75, 3.05) is 0 Å². The van der Waals surface area contributed by atoms with Crippen LogP contribution in [0.2, 0.25) is 5.02 Å². The highest BCUT2D eigenvalue weighted by molar-refractivity contribution is 9.10. The van der Waals surface area contributed by atoms with Gasteiger partial charge in [-0.2, -0.15) is 13.2 Å². The van der Waals surface area contributed by atoms with Crippen LogP contribution in [0.5, 0.6) is 0 Å². The minimum Gasteiger partial charge on any atom is -0.350 e. The Morgan fingerprint density at radius 3 is 2.47 bits per heavy atom. The number of aromatic amines is 1. The maximum absolute atomic E-state index is 12.5. The molecule has 17 heavy (non-hydrogen) atoms. The average Bonchev–Trinajstić information content (AvgIpc) is 2.17. The van der Waals surface area contributed by atoms with Crippen LogP contribution in [0, 0.1) is 0 Å². The maximum atomic E-state index is 12.5. The van der Waals surface area contributed by atoms with Crippen LogP contribution in [0.3, 0.4) is 0 Å². The Labute approximate surface area is 107 Å². The number of aromatic nitrogens is 1. The lowest BCUT2D eigenvalue weighted by Gasteiger charge is -2.09. The summed E-state index contributed by atoms with van der Waals surface area (Å²) >= 11 is 8.90. The third-order valence-electron chi connectivity index (χ3n) is 2.16. The second kappa shape index (κ2) is 4.03. The van der Waals surface area contributed by atoms with Crippen molar-refractivity contribution in [1.82, 2.24) is 4.98 Å². The third kappa shape index (κ3) is 2.32. The molecule has 0 aliphatic carbocycles. The second-order valence-corrected chi connectivity index (χ2v) is 4.68. The lowest BCUT2D eigenvalue weighted by molar-refractivity contribution is -0.141. The fraction of sp³-hybridized carbons (Fsp3) is 0.100. The van der Waals surface area contributed by atoms with E-state index in [-0.39, 0.29) is 15.9 Å². The van der Waals surface area contributed by atoms with E-state index in [1.807, 2.05) is 0 Å². The fourth-order valence-electron chi connectivity index (χ4n) is 1.43. The summed E-state index contributed by atoms with van der Waals surface area (Å²) in [5.74, 6) is 0. The number of alkyl halides is 3. The monoisotopic (exact) mass is 325 g/mol. The molecule has 1 heterocycles. The summed E-state index contributed by atoms with van der Waals surface area (Å²) < 4.78 is 38.0. The summed E-state index contributed by atoms with van der Waals surface area (Å²) in [6.07, 6.45) is -4.61. The number of hydrogen-bond donors (Lipinski definition) is 1. The van der Waals surface area contributed by atoms with Gasteiger partial charge in [0.15, 0.2) is 5.43 Å². The molecule has 1 N–H and O–H groups in total. The molecule has 2 rings (SSSR count). The Hall–Kier alpha value is -1.01. The van der Waals surface area contributed by atoms with Crippen molar-refractivity contribution < 1.29 is 13.2 Å². The van der Waals surface area contributed by atoms with Crippen molar-refractivity contribution in [2.45, 2.75) is 6.18 Å². The van der Waals surface area contributed by atoms with Crippen molar-refractivity contribution in [3.05, 3.63) is 43.6 Å². The van der Waals surface area contributed by atoms with Crippen LogP contribution in [0.15, 0.2) is 27.5 Å². The first-order chi connectivity index (χ1) is 7.79. The Morgan fingerprint density at radius 2 is 1.88 bits per heavy atom. The van der Waals surface area contributed by atoms with Gasteiger partial charge in [0.25, 0.3) is 0 Å². The van der Waals surface area contributed by atoms with E-state index in [0.717, 1.165) is 0 Å². The van der Waals surface area contributed by atoms with Crippen molar-refractivity contribution in [2.24, 2.45) is 0 Å². The number of fused-ring (bicyclic) bond motifs is 1. The highest BCUT2D eigenvalue weighted by Gasteiger charge is 2.32. The van der Waals surface area contributed by atoms with Gasteiger partial charge in [0, 0.05) is 15.9 Å². The van der Waals surface area contributed by atoms with E-state index in [9.17, 15) is 18.0 Å². The molecule has 2 nitrogen and oxygen atoms in total. The van der Waals surface area contributed by atoms with Gasteiger partial charge < -0.3 is 4.98 Å². The highest BCUT2D eigenvalue weighted by Crippen LogP contribution is 2.30. The number of H-pyrrole nitrogens is 1. The lowest BCUT2D eigenvalue weighted by atomic mass is 10.2. The van der Waals surface area contributed by atoms with Gasteiger partial charge in [-0.05, 0) is 12.1 Å². The standard InChI is InChI=1S/C10H4BrClF3NO/c11-4-1-5-7(17)3-8(10(13,14)15)16-9(5)6(12)2-4/h1-3H,(H,16,17). The molecular formula is C10H4BrClF3NO. The smallest absolute Gasteiger partial charge is 0.350 e. The van der Waals surface area contributed by atoms with Gasteiger partial charge >= 0.3 is 6.18 Å². The van der Waals surface area contributed by atoms with Gasteiger partial charge in [-0.1, -0.05) is 27.5 Å². The number of pyridine rings is 1. The van der Waals surface area contributed by atoms with Crippen LogP contribution in [-0.2, 0) is 6.18 Å². The Bertz CT molecular complexity index is 650. The number of hydrogen-bond acceptors (Lipinski definition) is 1.